The lowest BCUT2D eigenvalue weighted by atomic mass is 10.1. The number of ether oxygens (including phenoxy) is 2. The first-order valence-electron chi connectivity index (χ1n) is 19.0. The fourth-order valence-corrected chi connectivity index (χ4v) is 6.20. The van der Waals surface area contributed by atoms with Crippen molar-refractivity contribution in [3.8, 4) is 0 Å². The lowest BCUT2D eigenvalue weighted by Crippen LogP contribution is -2.48. The first-order valence-corrected chi connectivity index (χ1v) is 19.0. The quantitative estimate of drug-likeness (QED) is 0.141. The summed E-state index contributed by atoms with van der Waals surface area (Å²) in [5.41, 5.74) is 6.86. The Kier molecular flexibility index (Phi) is 16.1. The van der Waals surface area contributed by atoms with E-state index < -0.39 is 59.7 Å². The maximum atomic E-state index is 14.5. The lowest BCUT2D eigenvalue weighted by molar-refractivity contribution is -0.173. The monoisotopic (exact) mass is 874 g/mol. The van der Waals surface area contributed by atoms with E-state index in [4.69, 9.17) is 15.2 Å². The second-order valence-electron chi connectivity index (χ2n) is 13.8. The van der Waals surface area contributed by atoms with Crippen molar-refractivity contribution in [3.63, 3.8) is 0 Å². The van der Waals surface area contributed by atoms with Gasteiger partial charge in [-0.15, -0.1) is 0 Å². The van der Waals surface area contributed by atoms with Gasteiger partial charge in [0.2, 0.25) is 0 Å². The molecule has 5 amide bonds. The number of Topliss-reactive ketones (excluding diaryl/α,β-unsaturated/α-hetero) is 2. The van der Waals surface area contributed by atoms with Crippen LogP contribution in [0.25, 0.3) is 0 Å². The predicted octanol–water partition coefficient (Wildman–Crippen LogP) is 5.85. The van der Waals surface area contributed by atoms with Crippen LogP contribution in [0.3, 0.4) is 0 Å². The van der Waals surface area contributed by atoms with E-state index in [0.717, 1.165) is 29.2 Å². The van der Waals surface area contributed by atoms with Crippen molar-refractivity contribution in [2.24, 2.45) is 5.73 Å². The molecule has 3 N–H and O–H groups in total. The van der Waals surface area contributed by atoms with Crippen LogP contribution in [0.4, 0.5) is 51.7 Å². The first kappa shape index (κ1) is 46.7. The number of morpholine rings is 2. The van der Waals surface area contributed by atoms with Crippen LogP contribution >= 0.6 is 0 Å². The Bertz CT molecular complexity index is 2220. The average Bonchev–Trinajstić information content (AvgIpc) is 3.27. The van der Waals surface area contributed by atoms with Crippen molar-refractivity contribution in [2.75, 3.05) is 75.5 Å². The van der Waals surface area contributed by atoms with Crippen molar-refractivity contribution in [1.29, 1.82) is 0 Å². The molecule has 2 aliphatic rings. The van der Waals surface area contributed by atoms with E-state index in [2.05, 4.69) is 0 Å². The normalized spacial score (nSPS) is 14.0. The molecular weight excluding hydrogens is 833 g/mol. The minimum Gasteiger partial charge on any atom is -0.378 e. The van der Waals surface area contributed by atoms with Crippen LogP contribution in [0.1, 0.15) is 31.8 Å². The zero-order chi connectivity index (χ0) is 45.0. The maximum Gasteiger partial charge on any atom is 0.471 e. The smallest absolute Gasteiger partial charge is 0.378 e. The van der Waals surface area contributed by atoms with Gasteiger partial charge in [-0.3, -0.25) is 24.2 Å². The first-order chi connectivity index (χ1) is 29.5. The van der Waals surface area contributed by atoms with Gasteiger partial charge < -0.3 is 30.3 Å². The molecule has 0 atom stereocenters. The summed E-state index contributed by atoms with van der Waals surface area (Å²) in [5, 5.41) is 1.50. The van der Waals surface area contributed by atoms with E-state index >= 15 is 0 Å². The zero-order valence-corrected chi connectivity index (χ0v) is 32.9. The number of benzene rings is 4. The Morgan fingerprint density at radius 2 is 0.984 bits per heavy atom. The highest BCUT2D eigenvalue weighted by atomic mass is 19.4. The summed E-state index contributed by atoms with van der Waals surface area (Å²) in [6.45, 7) is 1.79. The van der Waals surface area contributed by atoms with Gasteiger partial charge in [0.15, 0.2) is 11.6 Å². The van der Waals surface area contributed by atoms with Crippen LogP contribution in [0.5, 0.6) is 0 Å². The minimum absolute atomic E-state index is 0.0139. The van der Waals surface area contributed by atoms with Crippen LogP contribution in [0, 0.1) is 23.3 Å². The SMILES string of the molecule is NCC(=O)c1ccc(CN(C(=O)N2CCOCC2)c2ccc(F)cc2F)cc1.O=C(CNC(=O)C(F)(F)F)c1ccc(CN(C(=O)N2CCOCC2)c2ccc(F)cc2F)cc1. The van der Waals surface area contributed by atoms with E-state index in [0.29, 0.717) is 62.3 Å². The van der Waals surface area contributed by atoms with Gasteiger partial charge in [0.05, 0.1) is 64.0 Å². The second-order valence-corrected chi connectivity index (χ2v) is 13.8. The predicted molar refractivity (Wildman–Crippen MR) is 210 cm³/mol. The Hall–Kier alpha value is -6.38. The molecule has 20 heteroatoms. The molecule has 0 aromatic heterocycles. The lowest BCUT2D eigenvalue weighted by Gasteiger charge is -2.33. The largest absolute Gasteiger partial charge is 0.471 e. The van der Waals surface area contributed by atoms with E-state index in [9.17, 15) is 54.7 Å². The van der Waals surface area contributed by atoms with Gasteiger partial charge in [-0.1, -0.05) is 48.5 Å². The number of anilines is 2. The van der Waals surface area contributed by atoms with Gasteiger partial charge in [-0.05, 0) is 35.4 Å². The number of carbonyl (C=O) groups excluding carboxylic acids is 5. The Morgan fingerprint density at radius 3 is 1.34 bits per heavy atom. The molecule has 6 rings (SSSR count). The molecule has 2 saturated heterocycles. The van der Waals surface area contributed by atoms with Gasteiger partial charge in [-0.2, -0.15) is 13.2 Å². The van der Waals surface area contributed by atoms with E-state index in [-0.39, 0.29) is 55.4 Å². The molecule has 4 aromatic carbocycles. The van der Waals surface area contributed by atoms with Crippen LogP contribution in [0.2, 0.25) is 0 Å². The molecular formula is C42H41F7N6O7. The Balaban J connectivity index is 0.000000238. The molecule has 2 fully saturated rings. The summed E-state index contributed by atoms with van der Waals surface area (Å²) in [5.74, 6) is -6.46. The topological polar surface area (TPSA) is 155 Å². The minimum atomic E-state index is -5.10. The van der Waals surface area contributed by atoms with Crippen LogP contribution in [-0.2, 0) is 27.4 Å². The van der Waals surface area contributed by atoms with Gasteiger partial charge >= 0.3 is 24.1 Å². The Labute approximate surface area is 350 Å². The summed E-state index contributed by atoms with van der Waals surface area (Å²) in [6, 6.07) is 17.1. The number of nitrogens with one attached hydrogen (secondary N) is 1. The van der Waals surface area contributed by atoms with Gasteiger partial charge in [-0.25, -0.2) is 27.2 Å². The molecule has 0 saturated carbocycles. The van der Waals surface area contributed by atoms with E-state index in [1.165, 1.54) is 45.4 Å². The maximum absolute atomic E-state index is 14.5. The molecule has 4 aromatic rings. The highest BCUT2D eigenvalue weighted by Crippen LogP contribution is 2.26. The molecule has 13 nitrogen and oxygen atoms in total. The summed E-state index contributed by atoms with van der Waals surface area (Å²) in [4.78, 5) is 66.1. The summed E-state index contributed by atoms with van der Waals surface area (Å²) < 4.78 is 103. The summed E-state index contributed by atoms with van der Waals surface area (Å²) in [7, 11) is 0. The zero-order valence-electron chi connectivity index (χ0n) is 32.9. The molecule has 0 unspecified atom stereocenters. The molecule has 62 heavy (non-hydrogen) atoms. The summed E-state index contributed by atoms with van der Waals surface area (Å²) in [6.07, 6.45) is -5.10. The fraction of sp³-hybridized carbons (Fsp3) is 0.310. The number of nitrogens with zero attached hydrogens (tertiary/aromatic N) is 4. The van der Waals surface area contributed by atoms with E-state index in [1.807, 2.05) is 0 Å². The second kappa shape index (κ2) is 21.4. The summed E-state index contributed by atoms with van der Waals surface area (Å²) >= 11 is 0. The number of hydrogen-bond donors (Lipinski definition) is 2. The fourth-order valence-electron chi connectivity index (χ4n) is 6.20. The van der Waals surface area contributed by atoms with Crippen molar-refractivity contribution in [1.82, 2.24) is 15.1 Å². The molecule has 2 aliphatic heterocycles. The number of carbonyl (C=O) groups is 5. The number of halogens is 7. The Morgan fingerprint density at radius 1 is 0.597 bits per heavy atom. The van der Waals surface area contributed by atoms with Crippen molar-refractivity contribution >= 4 is 40.9 Å². The van der Waals surface area contributed by atoms with Crippen LogP contribution in [-0.4, -0.2) is 111 Å². The van der Waals surface area contributed by atoms with Gasteiger partial charge in [0.25, 0.3) is 0 Å². The van der Waals surface area contributed by atoms with Crippen LogP contribution in [0.15, 0.2) is 84.9 Å². The number of nitrogens with two attached hydrogens (primary N) is 1. The van der Waals surface area contributed by atoms with Crippen molar-refractivity contribution < 1.29 is 64.2 Å². The highest BCUT2D eigenvalue weighted by Gasteiger charge is 2.38. The number of urea groups is 2. The average molecular weight is 875 g/mol. The molecule has 0 bridgehead atoms. The van der Waals surface area contributed by atoms with Crippen LogP contribution < -0.4 is 20.9 Å². The number of alkyl halides is 3. The molecule has 0 spiro atoms. The third-order valence-electron chi connectivity index (χ3n) is 9.51. The number of amides is 5. The standard InChI is InChI=1S/C22H20F5N3O4.C20H21F2N3O3/c23-16-5-6-18(17(24)11-16)30(21(33)29-7-9-34-10-8-29)13-14-1-3-15(4-2-14)19(31)12-28-20(32)22(25,26)27;21-16-5-6-18(17(22)11-16)25(20(27)24-7-9-28-10-8-24)13-14-1-3-15(4-2-14)19(26)12-23/h1-6,11H,7-10,12-13H2,(H,28,32);1-6,11H,7-10,12-13,23H2. The molecule has 0 radical (unpaired) electrons. The van der Waals surface area contributed by atoms with Gasteiger partial charge in [0, 0.05) is 49.4 Å². The van der Waals surface area contributed by atoms with Crippen molar-refractivity contribution in [3.05, 3.63) is 130 Å². The molecule has 0 aliphatic carbocycles. The third-order valence-corrected chi connectivity index (χ3v) is 9.51. The number of rotatable bonds is 11. The molecule has 2 heterocycles. The number of ketones is 2. The van der Waals surface area contributed by atoms with Crippen molar-refractivity contribution in [2.45, 2.75) is 19.3 Å². The highest BCUT2D eigenvalue weighted by molar-refractivity contribution is 6.00. The van der Waals surface area contributed by atoms with Gasteiger partial charge in [0.1, 0.15) is 23.3 Å². The number of hydrogen-bond acceptors (Lipinski definition) is 8. The molecule has 330 valence electrons. The van der Waals surface area contributed by atoms with E-state index in [1.54, 1.807) is 29.2 Å². The third kappa shape index (κ3) is 12.6.